The minimum absolute atomic E-state index is 0.413. The molecule has 0 radical (unpaired) electrons. The van der Waals surface area contributed by atoms with Crippen LogP contribution in [0.15, 0.2) is 18.2 Å². The van der Waals surface area contributed by atoms with Crippen molar-refractivity contribution >= 4 is 0 Å². The van der Waals surface area contributed by atoms with Gasteiger partial charge in [0.15, 0.2) is 0 Å². The van der Waals surface area contributed by atoms with Crippen molar-refractivity contribution in [2.45, 2.75) is 110 Å². The van der Waals surface area contributed by atoms with Gasteiger partial charge in [-0.15, -0.1) is 0 Å². The number of phenolic OH excluding ortho intramolecular Hbond substituents is 1. The maximum Gasteiger partial charge on any atom is 0.119 e. The number of aromatic hydroxyl groups is 1. The summed E-state index contributed by atoms with van der Waals surface area (Å²) in [6.45, 7) is 5.21. The van der Waals surface area contributed by atoms with E-state index < -0.39 is 0 Å². The summed E-state index contributed by atoms with van der Waals surface area (Å²) in [5.74, 6) is 1.31. The number of unbranched alkanes of at least 4 members (excludes halogenated alkanes) is 12. The third-order valence-corrected chi connectivity index (χ3v) is 5.12. The lowest BCUT2D eigenvalue weighted by molar-refractivity contribution is 0.308. The summed E-state index contributed by atoms with van der Waals surface area (Å²) >= 11 is 0. The Morgan fingerprint density at radius 2 is 1.23 bits per heavy atom. The fourth-order valence-corrected chi connectivity index (χ4v) is 3.34. The molecule has 1 aromatic rings. The molecule has 0 unspecified atom stereocenters. The van der Waals surface area contributed by atoms with Crippen LogP contribution in [0.4, 0.5) is 0 Å². The van der Waals surface area contributed by atoms with Gasteiger partial charge >= 0.3 is 0 Å². The number of hydrogen-bond donors (Lipinski definition) is 1. The van der Waals surface area contributed by atoms with E-state index in [2.05, 4.69) is 13.8 Å². The number of phenols is 1. The van der Waals surface area contributed by atoms with E-state index in [0.717, 1.165) is 43.6 Å². The third kappa shape index (κ3) is 11.4. The first-order valence-electron chi connectivity index (χ1n) is 11.2. The Bertz CT molecular complexity index is 442. The minimum atomic E-state index is 0.413. The van der Waals surface area contributed by atoms with Gasteiger partial charge in [-0.25, -0.2) is 0 Å². The SMILES string of the molecule is CCCCCCCCCCCCCCc1cc(OCCCC)ccc1O. The van der Waals surface area contributed by atoms with Gasteiger partial charge < -0.3 is 9.84 Å². The summed E-state index contributed by atoms with van der Waals surface area (Å²) in [6, 6.07) is 5.66. The molecule has 0 aliphatic heterocycles. The number of hydrogen-bond acceptors (Lipinski definition) is 2. The quantitative estimate of drug-likeness (QED) is 0.286. The predicted molar refractivity (Wildman–Crippen MR) is 113 cm³/mol. The molecule has 0 fully saturated rings. The molecule has 0 aromatic heterocycles. The molecule has 150 valence electrons. The van der Waals surface area contributed by atoms with Gasteiger partial charge in [0, 0.05) is 0 Å². The van der Waals surface area contributed by atoms with Crippen molar-refractivity contribution in [3.8, 4) is 11.5 Å². The fraction of sp³-hybridized carbons (Fsp3) is 0.750. The molecule has 0 amide bonds. The van der Waals surface area contributed by atoms with Crippen LogP contribution in [0.25, 0.3) is 0 Å². The van der Waals surface area contributed by atoms with Gasteiger partial charge in [-0.1, -0.05) is 90.9 Å². The molecule has 2 nitrogen and oxygen atoms in total. The van der Waals surface area contributed by atoms with Gasteiger partial charge in [-0.2, -0.15) is 0 Å². The topological polar surface area (TPSA) is 29.5 Å². The smallest absolute Gasteiger partial charge is 0.119 e. The highest BCUT2D eigenvalue weighted by Gasteiger charge is 2.04. The van der Waals surface area contributed by atoms with E-state index in [0.29, 0.717) is 5.75 Å². The van der Waals surface area contributed by atoms with E-state index in [-0.39, 0.29) is 0 Å². The predicted octanol–water partition coefficient (Wildman–Crippen LogP) is 7.81. The minimum Gasteiger partial charge on any atom is -0.508 e. The van der Waals surface area contributed by atoms with Crippen molar-refractivity contribution in [3.05, 3.63) is 23.8 Å². The highest BCUT2D eigenvalue weighted by Crippen LogP contribution is 2.25. The second kappa shape index (κ2) is 16.0. The lowest BCUT2D eigenvalue weighted by Crippen LogP contribution is -1.97. The van der Waals surface area contributed by atoms with Gasteiger partial charge in [0.2, 0.25) is 0 Å². The Balaban J connectivity index is 2.04. The normalized spacial score (nSPS) is 11.0. The molecule has 0 heterocycles. The van der Waals surface area contributed by atoms with Gasteiger partial charge in [0.25, 0.3) is 0 Å². The molecular formula is C24H42O2. The molecule has 0 aliphatic carbocycles. The van der Waals surface area contributed by atoms with Crippen molar-refractivity contribution < 1.29 is 9.84 Å². The molecule has 0 saturated carbocycles. The van der Waals surface area contributed by atoms with Gasteiger partial charge in [0.1, 0.15) is 11.5 Å². The van der Waals surface area contributed by atoms with Crippen LogP contribution < -0.4 is 4.74 Å². The Morgan fingerprint density at radius 3 is 1.81 bits per heavy atom. The van der Waals surface area contributed by atoms with E-state index >= 15 is 0 Å². The molecule has 0 atom stereocenters. The van der Waals surface area contributed by atoms with Crippen LogP contribution in [0.5, 0.6) is 11.5 Å². The molecule has 1 aromatic carbocycles. The van der Waals surface area contributed by atoms with Crippen LogP contribution in [0.1, 0.15) is 109 Å². The second-order valence-electron chi connectivity index (χ2n) is 7.63. The third-order valence-electron chi connectivity index (χ3n) is 5.12. The zero-order valence-corrected chi connectivity index (χ0v) is 17.4. The van der Waals surface area contributed by atoms with Crippen LogP contribution in [-0.4, -0.2) is 11.7 Å². The van der Waals surface area contributed by atoms with E-state index in [1.54, 1.807) is 6.07 Å². The molecule has 1 N–H and O–H groups in total. The molecule has 2 heteroatoms. The summed E-state index contributed by atoms with van der Waals surface area (Å²) in [5.41, 5.74) is 1.03. The first-order chi connectivity index (χ1) is 12.8. The van der Waals surface area contributed by atoms with Crippen molar-refractivity contribution in [1.82, 2.24) is 0 Å². The summed E-state index contributed by atoms with van der Waals surface area (Å²) in [4.78, 5) is 0. The number of benzene rings is 1. The summed E-state index contributed by atoms with van der Waals surface area (Å²) in [6.07, 6.45) is 19.5. The Labute approximate surface area is 162 Å². The molecular weight excluding hydrogens is 320 g/mol. The van der Waals surface area contributed by atoms with Crippen LogP contribution in [0.2, 0.25) is 0 Å². The second-order valence-corrected chi connectivity index (χ2v) is 7.63. The summed E-state index contributed by atoms with van der Waals surface area (Å²) in [7, 11) is 0. The molecule has 0 aliphatic rings. The van der Waals surface area contributed by atoms with Crippen LogP contribution in [-0.2, 0) is 6.42 Å². The van der Waals surface area contributed by atoms with E-state index in [1.165, 1.54) is 70.6 Å². The van der Waals surface area contributed by atoms with E-state index in [1.807, 2.05) is 12.1 Å². The Morgan fingerprint density at radius 1 is 0.692 bits per heavy atom. The standard InChI is InChI=1S/C24H42O2/c1-3-5-7-8-9-10-11-12-13-14-15-16-17-22-21-23(18-19-24(22)25)26-20-6-4-2/h18-19,21,25H,3-17,20H2,1-2H3. The lowest BCUT2D eigenvalue weighted by Gasteiger charge is -2.09. The monoisotopic (exact) mass is 362 g/mol. The first kappa shape index (κ1) is 22.9. The summed E-state index contributed by atoms with van der Waals surface area (Å²) in [5, 5.41) is 10.0. The molecule has 26 heavy (non-hydrogen) atoms. The van der Waals surface area contributed by atoms with Crippen molar-refractivity contribution in [2.75, 3.05) is 6.61 Å². The van der Waals surface area contributed by atoms with Crippen molar-refractivity contribution in [2.24, 2.45) is 0 Å². The van der Waals surface area contributed by atoms with E-state index in [9.17, 15) is 5.11 Å². The maximum atomic E-state index is 10.0. The highest BCUT2D eigenvalue weighted by molar-refractivity contribution is 5.39. The fourth-order valence-electron chi connectivity index (χ4n) is 3.34. The van der Waals surface area contributed by atoms with Gasteiger partial charge in [-0.05, 0) is 43.0 Å². The summed E-state index contributed by atoms with van der Waals surface area (Å²) < 4.78 is 5.74. The zero-order chi connectivity index (χ0) is 18.9. The molecule has 0 spiro atoms. The molecule has 1 rings (SSSR count). The average molecular weight is 363 g/mol. The molecule has 0 saturated heterocycles. The first-order valence-corrected chi connectivity index (χ1v) is 11.2. The van der Waals surface area contributed by atoms with Gasteiger partial charge in [0.05, 0.1) is 6.61 Å². The van der Waals surface area contributed by atoms with E-state index in [4.69, 9.17) is 4.74 Å². The lowest BCUT2D eigenvalue weighted by atomic mass is 10.0. The number of rotatable bonds is 17. The van der Waals surface area contributed by atoms with Crippen molar-refractivity contribution in [1.29, 1.82) is 0 Å². The zero-order valence-electron chi connectivity index (χ0n) is 17.4. The van der Waals surface area contributed by atoms with Gasteiger partial charge in [-0.3, -0.25) is 0 Å². The number of ether oxygens (including phenoxy) is 1. The average Bonchev–Trinajstić information content (AvgIpc) is 2.65. The van der Waals surface area contributed by atoms with Crippen molar-refractivity contribution in [3.63, 3.8) is 0 Å². The van der Waals surface area contributed by atoms with Crippen LogP contribution in [0.3, 0.4) is 0 Å². The molecule has 0 bridgehead atoms. The Hall–Kier alpha value is -1.18. The Kier molecular flexibility index (Phi) is 14.1. The van der Waals surface area contributed by atoms with Crippen LogP contribution >= 0.6 is 0 Å². The highest BCUT2D eigenvalue weighted by atomic mass is 16.5. The number of aryl methyl sites for hydroxylation is 1. The maximum absolute atomic E-state index is 10.0. The van der Waals surface area contributed by atoms with Crippen LogP contribution in [0, 0.1) is 0 Å². The largest absolute Gasteiger partial charge is 0.508 e.